The molecule has 0 saturated carbocycles. The van der Waals surface area contributed by atoms with E-state index in [2.05, 4.69) is 54.1 Å². The van der Waals surface area contributed by atoms with Crippen LogP contribution in [0.1, 0.15) is 37.9 Å². The van der Waals surface area contributed by atoms with Crippen LogP contribution in [0, 0.1) is 5.92 Å². The quantitative estimate of drug-likeness (QED) is 0.673. The van der Waals surface area contributed by atoms with Gasteiger partial charge in [0.1, 0.15) is 6.29 Å². The van der Waals surface area contributed by atoms with Gasteiger partial charge in [-0.3, -0.25) is 4.90 Å². The van der Waals surface area contributed by atoms with Crippen LogP contribution in [0.25, 0.3) is 10.9 Å². The second-order valence-electron chi connectivity index (χ2n) is 7.69. The number of rotatable bonds is 2. The van der Waals surface area contributed by atoms with Gasteiger partial charge in [-0.25, -0.2) is 0 Å². The summed E-state index contributed by atoms with van der Waals surface area (Å²) >= 11 is 0. The Morgan fingerprint density at radius 2 is 2.21 bits per heavy atom. The molecule has 0 radical (unpaired) electrons. The number of para-hydroxylation sites is 1. The van der Waals surface area contributed by atoms with Crippen LogP contribution in [0.5, 0.6) is 0 Å². The molecule has 0 saturated heterocycles. The average Bonchev–Trinajstić information content (AvgIpc) is 2.99. The summed E-state index contributed by atoms with van der Waals surface area (Å²) in [6.07, 6.45) is 6.61. The topological polar surface area (TPSA) is 36.1 Å². The molecule has 2 aromatic rings. The van der Waals surface area contributed by atoms with Crippen molar-refractivity contribution in [3.05, 3.63) is 47.2 Å². The predicted molar refractivity (Wildman–Crippen MR) is 98.3 cm³/mol. The van der Waals surface area contributed by atoms with Gasteiger partial charge in [0.15, 0.2) is 0 Å². The van der Waals surface area contributed by atoms with Crippen LogP contribution < -0.4 is 0 Å². The Morgan fingerprint density at radius 3 is 3.00 bits per heavy atom. The first-order chi connectivity index (χ1) is 11.6. The van der Waals surface area contributed by atoms with Crippen molar-refractivity contribution in [3.63, 3.8) is 0 Å². The molecule has 1 aromatic carbocycles. The summed E-state index contributed by atoms with van der Waals surface area (Å²) in [6.45, 7) is 7.58. The first-order valence-electron chi connectivity index (χ1n) is 9.11. The first-order valence-corrected chi connectivity index (χ1v) is 9.11. The third-order valence-corrected chi connectivity index (χ3v) is 5.85. The number of aromatic nitrogens is 1. The van der Waals surface area contributed by atoms with Crippen LogP contribution in [0.15, 0.2) is 35.9 Å². The summed E-state index contributed by atoms with van der Waals surface area (Å²) in [5.41, 5.74) is 4.71. The molecule has 2 aliphatic heterocycles. The third-order valence-electron chi connectivity index (χ3n) is 5.85. The van der Waals surface area contributed by atoms with Crippen molar-refractivity contribution in [1.29, 1.82) is 0 Å². The number of hydrogen-bond donors (Lipinski definition) is 1. The molecule has 4 rings (SSSR count). The Kier molecular flexibility index (Phi) is 3.84. The third kappa shape index (κ3) is 2.51. The second-order valence-corrected chi connectivity index (χ2v) is 7.69. The molecule has 1 aromatic heterocycles. The number of hydrogen-bond acceptors (Lipinski definition) is 2. The van der Waals surface area contributed by atoms with E-state index in [0.717, 1.165) is 50.1 Å². The molecule has 0 aliphatic carbocycles. The van der Waals surface area contributed by atoms with Gasteiger partial charge in [0.05, 0.1) is 5.41 Å². The van der Waals surface area contributed by atoms with Gasteiger partial charge in [0.2, 0.25) is 0 Å². The molecule has 2 aliphatic rings. The second kappa shape index (κ2) is 5.89. The zero-order chi connectivity index (χ0) is 16.7. The summed E-state index contributed by atoms with van der Waals surface area (Å²) in [6, 6.07) is 8.46. The highest BCUT2D eigenvalue weighted by Gasteiger charge is 2.36. The van der Waals surface area contributed by atoms with E-state index in [1.54, 1.807) is 0 Å². The summed E-state index contributed by atoms with van der Waals surface area (Å²) in [4.78, 5) is 18.3. The van der Waals surface area contributed by atoms with Crippen molar-refractivity contribution >= 4 is 17.2 Å². The van der Waals surface area contributed by atoms with Crippen LogP contribution in [0.2, 0.25) is 0 Å². The Hall–Kier alpha value is -1.87. The molecule has 3 atom stereocenters. The minimum Gasteiger partial charge on any atom is -0.357 e. The number of nitrogens with zero attached hydrogens (tertiary/aromatic N) is 1. The number of fused-ring (bicyclic) bond motifs is 5. The van der Waals surface area contributed by atoms with E-state index in [0.29, 0.717) is 5.92 Å². The van der Waals surface area contributed by atoms with Gasteiger partial charge in [0, 0.05) is 36.2 Å². The SMILES string of the molecule is CCC1=C[C@@H]2CN(CCc3c([nH]c4ccccc34)[C@](C)(C=O)C2)C1. The van der Waals surface area contributed by atoms with E-state index >= 15 is 0 Å². The molecular formula is C21H26N2O. The lowest BCUT2D eigenvalue weighted by Gasteiger charge is -2.34. The van der Waals surface area contributed by atoms with Gasteiger partial charge in [-0.15, -0.1) is 0 Å². The summed E-state index contributed by atoms with van der Waals surface area (Å²) in [7, 11) is 0. The summed E-state index contributed by atoms with van der Waals surface area (Å²) < 4.78 is 0. The molecular weight excluding hydrogens is 296 g/mol. The number of nitrogens with one attached hydrogen (secondary N) is 1. The Morgan fingerprint density at radius 1 is 1.38 bits per heavy atom. The highest BCUT2D eigenvalue weighted by Crippen LogP contribution is 2.38. The van der Waals surface area contributed by atoms with E-state index in [9.17, 15) is 4.79 Å². The number of H-pyrrole nitrogens is 1. The van der Waals surface area contributed by atoms with Crippen molar-refractivity contribution in [3.8, 4) is 0 Å². The molecule has 3 nitrogen and oxygen atoms in total. The van der Waals surface area contributed by atoms with Gasteiger partial charge in [-0.1, -0.05) is 36.8 Å². The fourth-order valence-electron chi connectivity index (χ4n) is 4.62. The molecule has 0 spiro atoms. The predicted octanol–water partition coefficient (Wildman–Crippen LogP) is 3.84. The fraction of sp³-hybridized carbons (Fsp3) is 0.476. The molecule has 3 heteroatoms. The fourth-order valence-corrected chi connectivity index (χ4v) is 4.62. The van der Waals surface area contributed by atoms with Crippen LogP contribution in [0.4, 0.5) is 0 Å². The van der Waals surface area contributed by atoms with Crippen molar-refractivity contribution in [1.82, 2.24) is 9.88 Å². The lowest BCUT2D eigenvalue weighted by atomic mass is 9.77. The summed E-state index contributed by atoms with van der Waals surface area (Å²) in [5.74, 6) is 0.460. The first kappa shape index (κ1) is 15.6. The number of carbonyl (C=O) groups is 1. The van der Waals surface area contributed by atoms with Crippen molar-refractivity contribution < 1.29 is 4.79 Å². The smallest absolute Gasteiger partial charge is 0.131 e. The van der Waals surface area contributed by atoms with E-state index in [1.807, 2.05) is 0 Å². The number of benzene rings is 1. The Labute approximate surface area is 143 Å². The summed E-state index contributed by atoms with van der Waals surface area (Å²) in [5, 5.41) is 1.28. The van der Waals surface area contributed by atoms with Gasteiger partial charge in [-0.05, 0) is 43.7 Å². The molecule has 2 bridgehead atoms. The van der Waals surface area contributed by atoms with Crippen LogP contribution in [-0.4, -0.2) is 35.8 Å². The molecule has 1 unspecified atom stereocenters. The maximum absolute atomic E-state index is 12.2. The van der Waals surface area contributed by atoms with Crippen molar-refractivity contribution in [2.45, 2.75) is 38.5 Å². The Bertz CT molecular complexity index is 803. The number of aldehydes is 1. The van der Waals surface area contributed by atoms with Crippen molar-refractivity contribution in [2.75, 3.05) is 19.6 Å². The number of carbonyl (C=O) groups excluding carboxylic acids is 1. The van der Waals surface area contributed by atoms with E-state index in [-0.39, 0.29) is 0 Å². The van der Waals surface area contributed by atoms with E-state index in [1.165, 1.54) is 22.8 Å². The maximum atomic E-state index is 12.2. The van der Waals surface area contributed by atoms with E-state index in [4.69, 9.17) is 0 Å². The molecule has 3 heterocycles. The molecule has 1 N–H and O–H groups in total. The standard InChI is InChI=1S/C21H26N2O/c1-3-15-10-16-11-21(2,14-24)20-18(8-9-23(12-15)13-16)17-6-4-5-7-19(17)22-20/h4-7,10,14,16,22H,3,8-9,11-13H2,1-2H3/t16-,21-/m0/s1. The minimum atomic E-state index is -0.443. The van der Waals surface area contributed by atoms with Crippen LogP contribution >= 0.6 is 0 Å². The van der Waals surface area contributed by atoms with Gasteiger partial charge >= 0.3 is 0 Å². The van der Waals surface area contributed by atoms with E-state index < -0.39 is 5.41 Å². The molecule has 0 amide bonds. The monoisotopic (exact) mass is 322 g/mol. The number of aromatic amines is 1. The zero-order valence-corrected chi connectivity index (χ0v) is 14.6. The van der Waals surface area contributed by atoms with Crippen molar-refractivity contribution in [2.24, 2.45) is 5.92 Å². The van der Waals surface area contributed by atoms with Gasteiger partial charge in [-0.2, -0.15) is 0 Å². The molecule has 0 fully saturated rings. The normalized spacial score (nSPS) is 30.0. The highest BCUT2D eigenvalue weighted by molar-refractivity contribution is 5.87. The zero-order valence-electron chi connectivity index (χ0n) is 14.6. The average molecular weight is 322 g/mol. The minimum absolute atomic E-state index is 0.443. The molecule has 24 heavy (non-hydrogen) atoms. The largest absolute Gasteiger partial charge is 0.357 e. The Balaban J connectivity index is 1.85. The van der Waals surface area contributed by atoms with Gasteiger partial charge in [0.25, 0.3) is 0 Å². The van der Waals surface area contributed by atoms with Crippen LogP contribution in [-0.2, 0) is 16.6 Å². The maximum Gasteiger partial charge on any atom is 0.131 e. The van der Waals surface area contributed by atoms with Crippen LogP contribution in [0.3, 0.4) is 0 Å². The lowest BCUT2D eigenvalue weighted by Crippen LogP contribution is -2.37. The van der Waals surface area contributed by atoms with Gasteiger partial charge < -0.3 is 9.78 Å². The highest BCUT2D eigenvalue weighted by atomic mass is 16.1. The molecule has 126 valence electrons. The lowest BCUT2D eigenvalue weighted by molar-refractivity contribution is -0.112.